The number of nitrogens with zero attached hydrogens (tertiary/aromatic N) is 3. The highest BCUT2D eigenvalue weighted by atomic mass is 19.1. The van der Waals surface area contributed by atoms with E-state index in [1.807, 2.05) is 12.1 Å². The van der Waals surface area contributed by atoms with E-state index in [0.29, 0.717) is 45.2 Å². The first-order valence-corrected chi connectivity index (χ1v) is 11.9. The smallest absolute Gasteiger partial charge is 0.167 e. The molecule has 11 heteroatoms. The first-order valence-electron chi connectivity index (χ1n) is 11.9. The molecule has 0 saturated carbocycles. The third-order valence-electron chi connectivity index (χ3n) is 6.03. The minimum atomic E-state index is -0.802. The van der Waals surface area contributed by atoms with Gasteiger partial charge in [-0.15, -0.1) is 0 Å². The summed E-state index contributed by atoms with van der Waals surface area (Å²) in [5, 5.41) is 2.36. The van der Waals surface area contributed by atoms with Crippen molar-refractivity contribution in [3.05, 3.63) is 72.7 Å². The minimum Gasteiger partial charge on any atom is -0.493 e. The van der Waals surface area contributed by atoms with E-state index < -0.39 is 17.7 Å². The van der Waals surface area contributed by atoms with Crippen molar-refractivity contribution in [1.29, 1.82) is 0 Å². The van der Waals surface area contributed by atoms with Crippen molar-refractivity contribution in [2.45, 2.75) is 6.04 Å². The van der Waals surface area contributed by atoms with Gasteiger partial charge in [-0.05, 0) is 35.7 Å². The van der Waals surface area contributed by atoms with Crippen LogP contribution in [0.2, 0.25) is 0 Å². The number of rotatable bonds is 9. The van der Waals surface area contributed by atoms with E-state index >= 15 is 0 Å². The number of halogens is 2. The van der Waals surface area contributed by atoms with Crippen LogP contribution in [0.4, 0.5) is 14.6 Å². The number of methoxy groups -OCH3 is 2. The molecule has 5 rings (SSSR count). The minimum absolute atomic E-state index is 0.0339. The van der Waals surface area contributed by atoms with Crippen molar-refractivity contribution in [3.8, 4) is 34.3 Å². The lowest BCUT2D eigenvalue weighted by atomic mass is 10.0. The first kappa shape index (κ1) is 25.9. The van der Waals surface area contributed by atoms with Crippen LogP contribution in [0, 0.1) is 11.6 Å². The number of anilines is 1. The number of hydrogen-bond acceptors (Lipinski definition) is 9. The second-order valence-corrected chi connectivity index (χ2v) is 8.70. The topological polar surface area (TPSA) is 128 Å². The van der Waals surface area contributed by atoms with Gasteiger partial charge in [0.2, 0.25) is 0 Å². The SMILES string of the molecule is COc1cc2ncc3c(N)nc(-c4cncc(OC[C@@H](N)COc5ccc(F)cc5F)c4)cc3c2cc1OC. The molecule has 3 aromatic heterocycles. The fourth-order valence-electron chi connectivity index (χ4n) is 4.08. The van der Waals surface area contributed by atoms with Gasteiger partial charge in [0, 0.05) is 40.9 Å². The van der Waals surface area contributed by atoms with Crippen LogP contribution in [-0.4, -0.2) is 48.4 Å². The third kappa shape index (κ3) is 5.43. The molecule has 9 nitrogen and oxygen atoms in total. The number of nitrogen functional groups attached to an aromatic ring is 1. The number of pyridine rings is 3. The molecule has 0 aliphatic carbocycles. The zero-order valence-corrected chi connectivity index (χ0v) is 21.2. The summed E-state index contributed by atoms with van der Waals surface area (Å²) >= 11 is 0. The predicted octanol–water partition coefficient (Wildman–Crippen LogP) is 4.51. The molecule has 0 radical (unpaired) electrons. The predicted molar refractivity (Wildman–Crippen MR) is 143 cm³/mol. The summed E-state index contributed by atoms with van der Waals surface area (Å²) in [4.78, 5) is 13.3. The van der Waals surface area contributed by atoms with Gasteiger partial charge in [0.15, 0.2) is 23.1 Å². The Morgan fingerprint density at radius 3 is 2.36 bits per heavy atom. The van der Waals surface area contributed by atoms with Crippen LogP contribution in [-0.2, 0) is 0 Å². The van der Waals surface area contributed by atoms with E-state index in [-0.39, 0.29) is 19.0 Å². The Hall–Kier alpha value is -4.77. The summed E-state index contributed by atoms with van der Waals surface area (Å²) in [6.07, 6.45) is 4.86. The molecule has 200 valence electrons. The molecular formula is C28H25F2N5O4. The summed E-state index contributed by atoms with van der Waals surface area (Å²) in [5.41, 5.74) is 14.3. The summed E-state index contributed by atoms with van der Waals surface area (Å²) in [7, 11) is 3.14. The van der Waals surface area contributed by atoms with Crippen molar-refractivity contribution < 1.29 is 27.7 Å². The Morgan fingerprint density at radius 1 is 0.821 bits per heavy atom. The monoisotopic (exact) mass is 533 g/mol. The molecule has 0 amide bonds. The number of nitrogens with two attached hydrogens (primary N) is 2. The first-order chi connectivity index (χ1) is 18.9. The standard InChI is InChI=1S/C28H25F2N5O4/c1-36-26-8-20-19-7-23(35-28(32)21(19)12-34-24(20)9-27(26)37-2)15-5-18(11-33-10-15)38-13-17(31)14-39-25-4-3-16(29)6-22(25)30/h3-12,17H,13-14,31H2,1-2H3,(H2,32,35)/t17-/m1/s1. The lowest BCUT2D eigenvalue weighted by Gasteiger charge is -2.15. The Morgan fingerprint density at radius 2 is 1.59 bits per heavy atom. The molecule has 0 aliphatic heterocycles. The Kier molecular flexibility index (Phi) is 7.24. The molecular weight excluding hydrogens is 508 g/mol. The van der Waals surface area contributed by atoms with E-state index in [9.17, 15) is 8.78 Å². The van der Waals surface area contributed by atoms with Crippen LogP contribution < -0.4 is 30.4 Å². The van der Waals surface area contributed by atoms with Gasteiger partial charge in [-0.25, -0.2) is 13.8 Å². The lowest BCUT2D eigenvalue weighted by molar-refractivity contribution is 0.214. The molecule has 5 aromatic rings. The summed E-state index contributed by atoms with van der Waals surface area (Å²) in [6.45, 7) is 0.0347. The molecule has 0 fully saturated rings. The fourth-order valence-corrected chi connectivity index (χ4v) is 4.08. The Balaban J connectivity index is 1.37. The van der Waals surface area contributed by atoms with Crippen LogP contribution in [0.1, 0.15) is 0 Å². The average Bonchev–Trinajstić information content (AvgIpc) is 2.94. The number of aromatic nitrogens is 3. The van der Waals surface area contributed by atoms with Crippen LogP contribution in [0.15, 0.2) is 61.1 Å². The van der Waals surface area contributed by atoms with Gasteiger partial charge in [-0.1, -0.05) is 0 Å². The molecule has 0 bridgehead atoms. The molecule has 2 aromatic carbocycles. The highest BCUT2D eigenvalue weighted by molar-refractivity contribution is 6.10. The number of fused-ring (bicyclic) bond motifs is 3. The van der Waals surface area contributed by atoms with Gasteiger partial charge in [-0.2, -0.15) is 0 Å². The number of hydrogen-bond donors (Lipinski definition) is 2. The second kappa shape index (κ2) is 10.9. The van der Waals surface area contributed by atoms with Crippen molar-refractivity contribution in [1.82, 2.24) is 15.0 Å². The van der Waals surface area contributed by atoms with Gasteiger partial charge >= 0.3 is 0 Å². The van der Waals surface area contributed by atoms with Crippen molar-refractivity contribution >= 4 is 27.5 Å². The van der Waals surface area contributed by atoms with Crippen molar-refractivity contribution in [3.63, 3.8) is 0 Å². The van der Waals surface area contributed by atoms with Gasteiger partial charge in [0.05, 0.1) is 37.7 Å². The molecule has 3 heterocycles. The molecule has 39 heavy (non-hydrogen) atoms. The zero-order valence-electron chi connectivity index (χ0n) is 21.2. The molecule has 0 unspecified atom stereocenters. The van der Waals surface area contributed by atoms with Crippen LogP contribution in [0.3, 0.4) is 0 Å². The van der Waals surface area contributed by atoms with Gasteiger partial charge < -0.3 is 30.4 Å². The van der Waals surface area contributed by atoms with E-state index in [4.69, 9.17) is 30.4 Å². The number of benzene rings is 2. The Labute approximate surface area is 222 Å². The maximum atomic E-state index is 13.8. The van der Waals surface area contributed by atoms with Crippen LogP contribution in [0.25, 0.3) is 32.9 Å². The zero-order chi connectivity index (χ0) is 27.5. The van der Waals surface area contributed by atoms with E-state index in [2.05, 4.69) is 15.0 Å². The molecule has 1 atom stereocenters. The molecule has 0 saturated heterocycles. The summed E-state index contributed by atoms with van der Waals surface area (Å²) in [5.74, 6) is 0.313. The fraction of sp³-hybridized carbons (Fsp3) is 0.179. The largest absolute Gasteiger partial charge is 0.493 e. The van der Waals surface area contributed by atoms with E-state index in [1.54, 1.807) is 38.7 Å². The van der Waals surface area contributed by atoms with Gasteiger partial charge in [0.1, 0.15) is 30.6 Å². The van der Waals surface area contributed by atoms with Crippen LogP contribution >= 0.6 is 0 Å². The quantitative estimate of drug-likeness (QED) is 0.263. The van der Waals surface area contributed by atoms with Gasteiger partial charge in [0.25, 0.3) is 0 Å². The Bertz CT molecular complexity index is 1670. The normalized spacial score (nSPS) is 11.9. The van der Waals surface area contributed by atoms with Crippen LogP contribution in [0.5, 0.6) is 23.0 Å². The maximum absolute atomic E-state index is 13.8. The third-order valence-corrected chi connectivity index (χ3v) is 6.03. The van der Waals surface area contributed by atoms with Crippen molar-refractivity contribution in [2.75, 3.05) is 33.2 Å². The second-order valence-electron chi connectivity index (χ2n) is 8.70. The molecule has 0 spiro atoms. The summed E-state index contributed by atoms with van der Waals surface area (Å²) < 4.78 is 48.8. The molecule has 4 N–H and O–H groups in total. The van der Waals surface area contributed by atoms with E-state index in [0.717, 1.165) is 22.9 Å². The summed E-state index contributed by atoms with van der Waals surface area (Å²) in [6, 6.07) is 9.80. The lowest BCUT2D eigenvalue weighted by Crippen LogP contribution is -2.34. The number of ether oxygens (including phenoxy) is 4. The highest BCUT2D eigenvalue weighted by Crippen LogP contribution is 2.37. The van der Waals surface area contributed by atoms with E-state index in [1.165, 1.54) is 12.3 Å². The van der Waals surface area contributed by atoms with Gasteiger partial charge in [-0.3, -0.25) is 9.97 Å². The highest BCUT2D eigenvalue weighted by Gasteiger charge is 2.15. The molecule has 0 aliphatic rings. The van der Waals surface area contributed by atoms with Crippen molar-refractivity contribution in [2.24, 2.45) is 5.73 Å². The average molecular weight is 534 g/mol. The maximum Gasteiger partial charge on any atom is 0.167 e.